The van der Waals surface area contributed by atoms with Gasteiger partial charge in [0, 0.05) is 19.5 Å². The van der Waals surface area contributed by atoms with E-state index < -0.39 is 11.4 Å². The number of amides is 1. The Morgan fingerprint density at radius 2 is 2.18 bits per heavy atom. The number of likely N-dealkylation sites (tertiary alicyclic amines) is 1. The van der Waals surface area contributed by atoms with Gasteiger partial charge in [0.05, 0.1) is 5.41 Å². The molecule has 0 saturated carbocycles. The van der Waals surface area contributed by atoms with E-state index in [0.29, 0.717) is 32.4 Å². The Hall–Kier alpha value is -1.32. The Bertz CT molecular complexity index is 325. The van der Waals surface area contributed by atoms with Gasteiger partial charge in [-0.3, -0.25) is 9.59 Å². The lowest BCUT2D eigenvalue weighted by molar-refractivity contribution is -0.151. The maximum atomic E-state index is 11.8. The van der Waals surface area contributed by atoms with E-state index in [1.807, 2.05) is 13.8 Å². The maximum Gasteiger partial charge on any atom is 0.311 e. The number of carbonyl (C=O) groups is 2. The molecule has 0 aliphatic carbocycles. The summed E-state index contributed by atoms with van der Waals surface area (Å²) >= 11 is 0. The fourth-order valence-corrected chi connectivity index (χ4v) is 2.32. The van der Waals surface area contributed by atoms with Crippen LogP contribution >= 0.6 is 0 Å². The molecule has 0 bridgehead atoms. The van der Waals surface area contributed by atoms with Crippen LogP contribution in [0.15, 0.2) is 12.7 Å². The van der Waals surface area contributed by atoms with E-state index in [0.717, 1.165) is 0 Å². The molecule has 0 aromatic carbocycles. The third-order valence-corrected chi connectivity index (χ3v) is 3.75. The molecule has 1 saturated heterocycles. The van der Waals surface area contributed by atoms with Gasteiger partial charge in [0.25, 0.3) is 0 Å². The first-order chi connectivity index (χ1) is 7.94. The smallest absolute Gasteiger partial charge is 0.311 e. The second kappa shape index (κ2) is 5.34. The molecule has 1 aliphatic heterocycles. The number of hydrogen-bond donors (Lipinski definition) is 1. The number of nitrogens with zero attached hydrogens (tertiary/aromatic N) is 1. The Kier molecular flexibility index (Phi) is 4.32. The number of rotatable bonds is 5. The van der Waals surface area contributed by atoms with Crippen LogP contribution < -0.4 is 0 Å². The topological polar surface area (TPSA) is 57.6 Å². The molecule has 0 spiro atoms. The molecule has 0 aromatic heterocycles. The highest BCUT2D eigenvalue weighted by molar-refractivity contribution is 5.81. The molecule has 1 rings (SSSR count). The van der Waals surface area contributed by atoms with E-state index in [4.69, 9.17) is 0 Å². The SMILES string of the molecule is C=CCCC(=O)N1CCC(C(=O)O)(C(C)C)C1. The first kappa shape index (κ1) is 13.7. The van der Waals surface area contributed by atoms with Crippen LogP contribution in [0.4, 0.5) is 0 Å². The lowest BCUT2D eigenvalue weighted by atomic mass is 9.76. The van der Waals surface area contributed by atoms with E-state index in [9.17, 15) is 14.7 Å². The summed E-state index contributed by atoms with van der Waals surface area (Å²) in [6.07, 6.45) is 3.34. The van der Waals surface area contributed by atoms with Gasteiger partial charge in [-0.1, -0.05) is 19.9 Å². The van der Waals surface area contributed by atoms with Crippen molar-refractivity contribution in [2.24, 2.45) is 11.3 Å². The summed E-state index contributed by atoms with van der Waals surface area (Å²) in [5.41, 5.74) is -0.760. The van der Waals surface area contributed by atoms with E-state index in [-0.39, 0.29) is 11.8 Å². The van der Waals surface area contributed by atoms with Crippen LogP contribution in [0.5, 0.6) is 0 Å². The summed E-state index contributed by atoms with van der Waals surface area (Å²) < 4.78 is 0. The summed E-state index contributed by atoms with van der Waals surface area (Å²) in [7, 11) is 0. The van der Waals surface area contributed by atoms with Gasteiger partial charge in [0.2, 0.25) is 5.91 Å². The second-order valence-electron chi connectivity index (χ2n) is 5.01. The molecule has 1 fully saturated rings. The standard InChI is InChI=1S/C13H21NO3/c1-4-5-6-11(15)14-8-7-13(9-14,10(2)3)12(16)17/h4,10H,1,5-9H2,2-3H3,(H,16,17). The zero-order valence-electron chi connectivity index (χ0n) is 10.6. The molecule has 4 nitrogen and oxygen atoms in total. The quantitative estimate of drug-likeness (QED) is 0.746. The van der Waals surface area contributed by atoms with Crippen LogP contribution in [0, 0.1) is 11.3 Å². The Morgan fingerprint density at radius 3 is 2.59 bits per heavy atom. The van der Waals surface area contributed by atoms with Gasteiger partial charge in [-0.05, 0) is 18.8 Å². The number of hydrogen-bond acceptors (Lipinski definition) is 2. The molecule has 1 unspecified atom stereocenters. The fourth-order valence-electron chi connectivity index (χ4n) is 2.32. The predicted octanol–water partition coefficient (Wildman–Crippen LogP) is 1.91. The fraction of sp³-hybridized carbons (Fsp3) is 0.692. The zero-order chi connectivity index (χ0) is 13.1. The van der Waals surface area contributed by atoms with Crippen LogP contribution in [-0.4, -0.2) is 35.0 Å². The van der Waals surface area contributed by atoms with Crippen molar-refractivity contribution < 1.29 is 14.7 Å². The van der Waals surface area contributed by atoms with Crippen molar-refractivity contribution >= 4 is 11.9 Å². The molecular formula is C13H21NO3. The highest BCUT2D eigenvalue weighted by Gasteiger charge is 2.48. The second-order valence-corrected chi connectivity index (χ2v) is 5.01. The van der Waals surface area contributed by atoms with Crippen molar-refractivity contribution in [2.75, 3.05) is 13.1 Å². The van der Waals surface area contributed by atoms with Crippen molar-refractivity contribution in [2.45, 2.75) is 33.1 Å². The van der Waals surface area contributed by atoms with Crippen molar-refractivity contribution in [1.82, 2.24) is 4.90 Å². The van der Waals surface area contributed by atoms with Gasteiger partial charge < -0.3 is 10.0 Å². The average molecular weight is 239 g/mol. The van der Waals surface area contributed by atoms with Gasteiger partial charge in [-0.2, -0.15) is 0 Å². The molecule has 0 aromatic rings. The highest BCUT2D eigenvalue weighted by Crippen LogP contribution is 2.38. The van der Waals surface area contributed by atoms with Crippen LogP contribution in [0.25, 0.3) is 0 Å². The van der Waals surface area contributed by atoms with Gasteiger partial charge in [-0.15, -0.1) is 6.58 Å². The molecule has 1 aliphatic rings. The van der Waals surface area contributed by atoms with Crippen LogP contribution in [-0.2, 0) is 9.59 Å². The Balaban J connectivity index is 2.70. The predicted molar refractivity (Wildman–Crippen MR) is 65.5 cm³/mol. The minimum atomic E-state index is -0.786. The summed E-state index contributed by atoms with van der Waals surface area (Å²) in [5.74, 6) is -0.711. The number of carbonyl (C=O) groups excluding carboxylic acids is 1. The summed E-state index contributed by atoms with van der Waals surface area (Å²) in [4.78, 5) is 24.9. The highest BCUT2D eigenvalue weighted by atomic mass is 16.4. The molecule has 1 N–H and O–H groups in total. The lowest BCUT2D eigenvalue weighted by Gasteiger charge is -2.28. The van der Waals surface area contributed by atoms with Gasteiger partial charge in [0.15, 0.2) is 0 Å². The van der Waals surface area contributed by atoms with E-state index in [2.05, 4.69) is 6.58 Å². The number of carboxylic acids is 1. The molecular weight excluding hydrogens is 218 g/mol. The lowest BCUT2D eigenvalue weighted by Crippen LogP contribution is -2.40. The van der Waals surface area contributed by atoms with Gasteiger partial charge in [-0.25, -0.2) is 0 Å². The number of aliphatic carboxylic acids is 1. The molecule has 17 heavy (non-hydrogen) atoms. The monoisotopic (exact) mass is 239 g/mol. The van der Waals surface area contributed by atoms with Crippen LogP contribution in [0.3, 0.4) is 0 Å². The number of carboxylic acid groups (broad SMARTS) is 1. The summed E-state index contributed by atoms with van der Waals surface area (Å²) in [6.45, 7) is 8.30. The first-order valence-corrected chi connectivity index (χ1v) is 6.06. The van der Waals surface area contributed by atoms with E-state index in [1.165, 1.54) is 0 Å². The molecule has 1 atom stereocenters. The van der Waals surface area contributed by atoms with Crippen molar-refractivity contribution in [3.05, 3.63) is 12.7 Å². The van der Waals surface area contributed by atoms with Gasteiger partial charge >= 0.3 is 5.97 Å². The minimum Gasteiger partial charge on any atom is -0.481 e. The Labute approximate surface area is 102 Å². The maximum absolute atomic E-state index is 11.8. The minimum absolute atomic E-state index is 0.0358. The first-order valence-electron chi connectivity index (χ1n) is 6.06. The van der Waals surface area contributed by atoms with Crippen molar-refractivity contribution in [3.63, 3.8) is 0 Å². The summed E-state index contributed by atoms with van der Waals surface area (Å²) in [5, 5.41) is 9.36. The van der Waals surface area contributed by atoms with E-state index in [1.54, 1.807) is 11.0 Å². The molecule has 0 radical (unpaired) electrons. The zero-order valence-corrected chi connectivity index (χ0v) is 10.6. The molecule has 96 valence electrons. The number of allylic oxidation sites excluding steroid dienone is 1. The Morgan fingerprint density at radius 1 is 1.53 bits per heavy atom. The average Bonchev–Trinajstić information content (AvgIpc) is 2.72. The third-order valence-electron chi connectivity index (χ3n) is 3.75. The molecule has 4 heteroatoms. The molecule has 1 heterocycles. The van der Waals surface area contributed by atoms with Crippen LogP contribution in [0.1, 0.15) is 33.1 Å². The molecule has 1 amide bonds. The van der Waals surface area contributed by atoms with Gasteiger partial charge in [0.1, 0.15) is 0 Å². The van der Waals surface area contributed by atoms with Crippen molar-refractivity contribution in [3.8, 4) is 0 Å². The normalized spacial score (nSPS) is 24.1. The van der Waals surface area contributed by atoms with E-state index >= 15 is 0 Å². The largest absolute Gasteiger partial charge is 0.481 e. The van der Waals surface area contributed by atoms with Crippen LogP contribution in [0.2, 0.25) is 0 Å². The van der Waals surface area contributed by atoms with Crippen molar-refractivity contribution in [1.29, 1.82) is 0 Å². The third kappa shape index (κ3) is 2.68. The summed E-state index contributed by atoms with van der Waals surface area (Å²) in [6, 6.07) is 0.